The maximum Gasteiger partial charge on any atom is 0.166 e. The molecule has 0 saturated carbocycles. The summed E-state index contributed by atoms with van der Waals surface area (Å²) >= 11 is 3.64. The molecule has 3 aromatic rings. The molecule has 5 nitrogen and oxygen atoms in total. The van der Waals surface area contributed by atoms with Gasteiger partial charge < -0.3 is 19.8 Å². The van der Waals surface area contributed by atoms with Gasteiger partial charge in [-0.25, -0.2) is 4.98 Å². The number of hydrogen-bond acceptors (Lipinski definition) is 4. The van der Waals surface area contributed by atoms with Crippen LogP contribution in [0.25, 0.3) is 11.0 Å². The van der Waals surface area contributed by atoms with Gasteiger partial charge in [-0.1, -0.05) is 35.0 Å². The van der Waals surface area contributed by atoms with Gasteiger partial charge in [0.1, 0.15) is 5.82 Å². The lowest BCUT2D eigenvalue weighted by atomic mass is 10.1. The number of para-hydroxylation sites is 2. The molecule has 0 aliphatic rings. The Labute approximate surface area is 168 Å². The fourth-order valence-corrected chi connectivity index (χ4v) is 3.44. The zero-order chi connectivity index (χ0) is 19.1. The van der Waals surface area contributed by atoms with E-state index in [1.807, 2.05) is 30.3 Å². The Morgan fingerprint density at radius 1 is 1.19 bits per heavy atom. The fourth-order valence-electron chi connectivity index (χ4n) is 2.99. The molecule has 0 aliphatic heterocycles. The summed E-state index contributed by atoms with van der Waals surface area (Å²) in [5.74, 6) is 2.62. The first-order valence-corrected chi connectivity index (χ1v) is 10.1. The molecule has 6 heteroatoms. The van der Waals surface area contributed by atoms with Crippen molar-refractivity contribution in [1.29, 1.82) is 0 Å². The number of aryl methyl sites for hydroxylation is 1. The van der Waals surface area contributed by atoms with Crippen LogP contribution in [0.3, 0.4) is 0 Å². The number of fused-ring (bicyclic) bond motifs is 1. The average molecular weight is 432 g/mol. The summed E-state index contributed by atoms with van der Waals surface area (Å²) in [5, 5.41) is 3.51. The molecule has 0 bridgehead atoms. The van der Waals surface area contributed by atoms with Gasteiger partial charge in [-0.3, -0.25) is 0 Å². The molecule has 0 aliphatic carbocycles. The molecule has 0 amide bonds. The number of H-pyrrole nitrogens is 1. The van der Waals surface area contributed by atoms with E-state index in [-0.39, 0.29) is 0 Å². The van der Waals surface area contributed by atoms with E-state index in [0.29, 0.717) is 6.61 Å². The molecule has 0 fully saturated rings. The minimum atomic E-state index is 0.672. The van der Waals surface area contributed by atoms with Gasteiger partial charge >= 0.3 is 0 Å². The number of nitrogens with zero attached hydrogens (tertiary/aromatic N) is 1. The number of imidazole rings is 1. The van der Waals surface area contributed by atoms with E-state index in [4.69, 9.17) is 9.47 Å². The Kier molecular flexibility index (Phi) is 7.12. The molecule has 3 rings (SSSR count). The van der Waals surface area contributed by atoms with Crippen LogP contribution in [-0.2, 0) is 13.0 Å². The number of halogens is 1. The summed E-state index contributed by atoms with van der Waals surface area (Å²) in [6, 6.07) is 12.1. The zero-order valence-corrected chi connectivity index (χ0v) is 17.4. The van der Waals surface area contributed by atoms with Gasteiger partial charge in [-0.05, 0) is 43.7 Å². The second-order valence-electron chi connectivity index (χ2n) is 6.39. The molecule has 2 aromatic carbocycles. The Balaban J connectivity index is 1.55. The van der Waals surface area contributed by atoms with Crippen molar-refractivity contribution in [3.05, 3.63) is 52.3 Å². The SMILES string of the molecule is CCCOc1c(OC)ccc(Br)c1CNCCCc1nc2ccccc2[nH]1. The number of ether oxygens (including phenoxy) is 2. The van der Waals surface area contributed by atoms with Gasteiger partial charge in [0, 0.05) is 23.0 Å². The highest BCUT2D eigenvalue weighted by Crippen LogP contribution is 2.36. The Hall–Kier alpha value is -2.05. The standard InChI is InChI=1S/C21H26BrN3O2/c1-3-13-27-21-15(16(22)10-11-19(21)26-2)14-23-12-6-9-20-24-17-7-4-5-8-18(17)25-20/h4-5,7-8,10-11,23H,3,6,9,12-14H2,1-2H3,(H,24,25). The van der Waals surface area contributed by atoms with Crippen LogP contribution in [0.1, 0.15) is 31.2 Å². The van der Waals surface area contributed by atoms with Crippen LogP contribution in [0.5, 0.6) is 11.5 Å². The predicted octanol–water partition coefficient (Wildman–Crippen LogP) is 4.85. The number of benzene rings is 2. The first-order valence-electron chi connectivity index (χ1n) is 9.35. The van der Waals surface area contributed by atoms with Crippen LogP contribution < -0.4 is 14.8 Å². The van der Waals surface area contributed by atoms with Crippen LogP contribution in [0.4, 0.5) is 0 Å². The van der Waals surface area contributed by atoms with Gasteiger partial charge in [-0.2, -0.15) is 0 Å². The van der Waals surface area contributed by atoms with E-state index in [1.165, 1.54) is 0 Å². The molecule has 1 heterocycles. The first-order chi connectivity index (χ1) is 13.2. The molecule has 0 spiro atoms. The van der Waals surface area contributed by atoms with Crippen molar-refractivity contribution in [1.82, 2.24) is 15.3 Å². The summed E-state index contributed by atoms with van der Waals surface area (Å²) in [4.78, 5) is 8.00. The van der Waals surface area contributed by atoms with Gasteiger partial charge in [0.15, 0.2) is 11.5 Å². The number of nitrogens with one attached hydrogen (secondary N) is 2. The van der Waals surface area contributed by atoms with E-state index in [0.717, 1.165) is 70.7 Å². The van der Waals surface area contributed by atoms with E-state index >= 15 is 0 Å². The highest BCUT2D eigenvalue weighted by atomic mass is 79.9. The second-order valence-corrected chi connectivity index (χ2v) is 7.24. The number of hydrogen-bond donors (Lipinski definition) is 2. The van der Waals surface area contributed by atoms with Gasteiger partial charge in [0.2, 0.25) is 0 Å². The zero-order valence-electron chi connectivity index (χ0n) is 15.8. The van der Waals surface area contributed by atoms with Crippen molar-refractivity contribution >= 4 is 27.0 Å². The van der Waals surface area contributed by atoms with E-state index in [9.17, 15) is 0 Å². The molecular weight excluding hydrogens is 406 g/mol. The number of methoxy groups -OCH3 is 1. The van der Waals surface area contributed by atoms with Gasteiger partial charge in [0.25, 0.3) is 0 Å². The van der Waals surface area contributed by atoms with Crippen LogP contribution in [0.15, 0.2) is 40.9 Å². The third-order valence-electron chi connectivity index (χ3n) is 4.34. The monoisotopic (exact) mass is 431 g/mol. The molecule has 0 unspecified atom stereocenters. The van der Waals surface area contributed by atoms with E-state index in [2.05, 4.69) is 44.2 Å². The van der Waals surface area contributed by atoms with Gasteiger partial charge in [-0.15, -0.1) is 0 Å². The molecule has 144 valence electrons. The molecule has 2 N–H and O–H groups in total. The summed E-state index contributed by atoms with van der Waals surface area (Å²) < 4.78 is 12.4. The van der Waals surface area contributed by atoms with E-state index in [1.54, 1.807) is 7.11 Å². The predicted molar refractivity (Wildman–Crippen MR) is 113 cm³/mol. The first kappa shape index (κ1) is 19.7. The van der Waals surface area contributed by atoms with Crippen molar-refractivity contribution in [2.75, 3.05) is 20.3 Å². The minimum Gasteiger partial charge on any atom is -0.493 e. The molecule has 1 aromatic heterocycles. The maximum absolute atomic E-state index is 5.94. The maximum atomic E-state index is 5.94. The Morgan fingerprint density at radius 2 is 2.04 bits per heavy atom. The van der Waals surface area contributed by atoms with Gasteiger partial charge in [0.05, 0.1) is 24.8 Å². The summed E-state index contributed by atoms with van der Waals surface area (Å²) in [6.45, 7) is 4.39. The van der Waals surface area contributed by atoms with Crippen molar-refractivity contribution in [2.24, 2.45) is 0 Å². The fraction of sp³-hybridized carbons (Fsp3) is 0.381. The lowest BCUT2D eigenvalue weighted by molar-refractivity contribution is 0.290. The average Bonchev–Trinajstić information content (AvgIpc) is 3.10. The number of aromatic amines is 1. The third kappa shape index (κ3) is 5.02. The molecular formula is C21H26BrN3O2. The normalized spacial score (nSPS) is 11.1. The topological polar surface area (TPSA) is 59.2 Å². The van der Waals surface area contributed by atoms with Crippen LogP contribution in [-0.4, -0.2) is 30.2 Å². The summed E-state index contributed by atoms with van der Waals surface area (Å²) in [7, 11) is 1.67. The number of rotatable bonds is 10. The number of aromatic nitrogens is 2. The Bertz CT molecular complexity index is 846. The summed E-state index contributed by atoms with van der Waals surface area (Å²) in [6.07, 6.45) is 2.88. The molecule has 27 heavy (non-hydrogen) atoms. The molecule has 0 saturated heterocycles. The van der Waals surface area contributed by atoms with Crippen molar-refractivity contribution < 1.29 is 9.47 Å². The smallest absolute Gasteiger partial charge is 0.166 e. The Morgan fingerprint density at radius 3 is 2.81 bits per heavy atom. The highest BCUT2D eigenvalue weighted by molar-refractivity contribution is 9.10. The minimum absolute atomic E-state index is 0.672. The lowest BCUT2D eigenvalue weighted by Gasteiger charge is -2.16. The molecule has 0 radical (unpaired) electrons. The van der Waals surface area contributed by atoms with E-state index < -0.39 is 0 Å². The van der Waals surface area contributed by atoms with Crippen LogP contribution >= 0.6 is 15.9 Å². The highest BCUT2D eigenvalue weighted by Gasteiger charge is 2.14. The van der Waals surface area contributed by atoms with Crippen LogP contribution in [0, 0.1) is 0 Å². The lowest BCUT2D eigenvalue weighted by Crippen LogP contribution is -2.17. The quantitative estimate of drug-likeness (QED) is 0.450. The van der Waals surface area contributed by atoms with Crippen molar-refractivity contribution in [3.8, 4) is 11.5 Å². The third-order valence-corrected chi connectivity index (χ3v) is 5.09. The molecule has 0 atom stereocenters. The second kappa shape index (κ2) is 9.76. The van der Waals surface area contributed by atoms with Crippen molar-refractivity contribution in [3.63, 3.8) is 0 Å². The largest absolute Gasteiger partial charge is 0.493 e. The summed E-state index contributed by atoms with van der Waals surface area (Å²) in [5.41, 5.74) is 3.21. The van der Waals surface area contributed by atoms with Crippen LogP contribution in [0.2, 0.25) is 0 Å². The van der Waals surface area contributed by atoms with Crippen molar-refractivity contribution in [2.45, 2.75) is 32.7 Å².